The maximum Gasteiger partial charge on any atom is 0.300 e. The standard InChI is InChI=1S/C14H17BO3/c1-3-4-9-18-12-7-5-11(6-8-12)10-13(15)14(16)17-2/h5-8,13H,9-10,15H2,1-2H3/t13-/m0/s1. The highest BCUT2D eigenvalue weighted by molar-refractivity contribution is 6.22. The van der Waals surface area contributed by atoms with E-state index >= 15 is 0 Å². The van der Waals surface area contributed by atoms with Crippen molar-refractivity contribution in [1.82, 2.24) is 0 Å². The van der Waals surface area contributed by atoms with E-state index in [2.05, 4.69) is 11.8 Å². The molecule has 3 nitrogen and oxygen atoms in total. The van der Waals surface area contributed by atoms with Crippen molar-refractivity contribution in [1.29, 1.82) is 0 Å². The Labute approximate surface area is 109 Å². The summed E-state index contributed by atoms with van der Waals surface area (Å²) in [6.07, 6.45) is 0.668. The Morgan fingerprint density at radius 2 is 2.06 bits per heavy atom. The van der Waals surface area contributed by atoms with Crippen molar-refractivity contribution in [3.8, 4) is 17.6 Å². The van der Waals surface area contributed by atoms with Crippen LogP contribution in [0, 0.1) is 11.8 Å². The van der Waals surface area contributed by atoms with Gasteiger partial charge in [0.25, 0.3) is 0 Å². The third kappa shape index (κ3) is 4.54. The first-order valence-corrected chi connectivity index (χ1v) is 5.86. The number of hydrogen-bond donors (Lipinski definition) is 0. The maximum absolute atomic E-state index is 11.3. The highest BCUT2D eigenvalue weighted by Crippen LogP contribution is 2.16. The molecular formula is C14H17BO3. The summed E-state index contributed by atoms with van der Waals surface area (Å²) in [5.74, 6) is 6.07. The molecule has 1 aromatic carbocycles. The maximum atomic E-state index is 11.3. The summed E-state index contributed by atoms with van der Waals surface area (Å²) in [5, 5.41) is 0. The van der Waals surface area contributed by atoms with Gasteiger partial charge in [0.1, 0.15) is 20.2 Å². The summed E-state index contributed by atoms with van der Waals surface area (Å²) >= 11 is 0. The molecule has 0 unspecified atom stereocenters. The highest BCUT2D eigenvalue weighted by atomic mass is 16.5. The molecule has 0 fully saturated rings. The molecule has 0 aromatic heterocycles. The lowest BCUT2D eigenvalue weighted by Crippen LogP contribution is -2.12. The predicted molar refractivity (Wildman–Crippen MR) is 73.4 cm³/mol. The number of hydrogen-bond acceptors (Lipinski definition) is 3. The second-order valence-corrected chi connectivity index (χ2v) is 3.99. The van der Waals surface area contributed by atoms with Gasteiger partial charge >= 0.3 is 5.97 Å². The third-order valence-electron chi connectivity index (χ3n) is 2.56. The quantitative estimate of drug-likeness (QED) is 0.444. The zero-order chi connectivity index (χ0) is 13.4. The van der Waals surface area contributed by atoms with Crippen LogP contribution < -0.4 is 4.74 Å². The van der Waals surface area contributed by atoms with Gasteiger partial charge in [-0.1, -0.05) is 18.1 Å². The molecule has 1 rings (SSSR count). The lowest BCUT2D eigenvalue weighted by Gasteiger charge is -2.09. The first-order chi connectivity index (χ1) is 8.67. The average molecular weight is 244 g/mol. The number of carbonyl (C=O) groups excluding carboxylic acids is 1. The second kappa shape index (κ2) is 7.44. The van der Waals surface area contributed by atoms with Crippen molar-refractivity contribution in [3.63, 3.8) is 0 Å². The number of methoxy groups -OCH3 is 1. The summed E-state index contributed by atoms with van der Waals surface area (Å²) in [7, 11) is 3.26. The largest absolute Gasteiger partial charge is 0.481 e. The zero-order valence-corrected chi connectivity index (χ0v) is 11.0. The average Bonchev–Trinajstić information content (AvgIpc) is 2.40. The van der Waals surface area contributed by atoms with Crippen molar-refractivity contribution < 1.29 is 14.3 Å². The molecular weight excluding hydrogens is 227 g/mol. The molecule has 0 heterocycles. The van der Waals surface area contributed by atoms with E-state index in [0.29, 0.717) is 13.0 Å². The van der Waals surface area contributed by atoms with Crippen LogP contribution in [0.3, 0.4) is 0 Å². The molecule has 0 amide bonds. The minimum atomic E-state index is -0.187. The van der Waals surface area contributed by atoms with E-state index in [1.165, 1.54) is 7.11 Å². The Hall–Kier alpha value is -1.89. The van der Waals surface area contributed by atoms with E-state index in [4.69, 9.17) is 9.47 Å². The Bertz CT molecular complexity index is 442. The van der Waals surface area contributed by atoms with E-state index in [1.54, 1.807) is 6.92 Å². The van der Waals surface area contributed by atoms with Crippen molar-refractivity contribution >= 4 is 13.8 Å². The van der Waals surface area contributed by atoms with Gasteiger partial charge in [0, 0.05) is 5.82 Å². The van der Waals surface area contributed by atoms with E-state index in [1.807, 2.05) is 32.1 Å². The molecule has 4 heteroatoms. The van der Waals surface area contributed by atoms with E-state index in [-0.39, 0.29) is 11.8 Å². The fraction of sp³-hybridized carbons (Fsp3) is 0.357. The molecule has 0 saturated heterocycles. The van der Waals surface area contributed by atoms with Crippen LogP contribution in [0.1, 0.15) is 12.5 Å². The molecule has 94 valence electrons. The molecule has 0 N–H and O–H groups in total. The zero-order valence-electron chi connectivity index (χ0n) is 11.0. The molecule has 18 heavy (non-hydrogen) atoms. The molecule has 1 aromatic rings. The van der Waals surface area contributed by atoms with Crippen molar-refractivity contribution in [2.24, 2.45) is 0 Å². The van der Waals surface area contributed by atoms with E-state index < -0.39 is 0 Å². The van der Waals surface area contributed by atoms with Gasteiger partial charge in [-0.2, -0.15) is 0 Å². The lowest BCUT2D eigenvalue weighted by molar-refractivity contribution is -0.140. The molecule has 0 saturated carbocycles. The first kappa shape index (κ1) is 14.2. The SMILES string of the molecule is B[C@@H](Cc1ccc(OCC#CC)cc1)C(=O)OC. The fourth-order valence-electron chi connectivity index (χ4n) is 1.55. The molecule has 0 radical (unpaired) electrons. The summed E-state index contributed by atoms with van der Waals surface area (Å²) < 4.78 is 10.1. The van der Waals surface area contributed by atoms with Crippen LogP contribution in [0.15, 0.2) is 24.3 Å². The predicted octanol–water partition coefficient (Wildman–Crippen LogP) is 1.23. The van der Waals surface area contributed by atoms with Gasteiger partial charge in [0.15, 0.2) is 0 Å². The molecule has 0 aliphatic carbocycles. The number of benzene rings is 1. The van der Waals surface area contributed by atoms with Gasteiger partial charge < -0.3 is 9.47 Å². The minimum absolute atomic E-state index is 0.132. The number of esters is 1. The highest BCUT2D eigenvalue weighted by Gasteiger charge is 2.13. The Balaban J connectivity index is 2.53. The topological polar surface area (TPSA) is 35.5 Å². The van der Waals surface area contributed by atoms with Crippen LogP contribution in [-0.2, 0) is 16.0 Å². The van der Waals surface area contributed by atoms with Crippen LogP contribution >= 0.6 is 0 Å². The Morgan fingerprint density at radius 3 is 2.61 bits per heavy atom. The summed E-state index contributed by atoms with van der Waals surface area (Å²) in [4.78, 5) is 11.3. The minimum Gasteiger partial charge on any atom is -0.481 e. The molecule has 1 atom stereocenters. The van der Waals surface area contributed by atoms with Gasteiger partial charge in [0.05, 0.1) is 7.11 Å². The van der Waals surface area contributed by atoms with E-state index in [0.717, 1.165) is 11.3 Å². The number of ether oxygens (including phenoxy) is 2. The Morgan fingerprint density at radius 1 is 1.39 bits per heavy atom. The van der Waals surface area contributed by atoms with Crippen LogP contribution in [-0.4, -0.2) is 27.5 Å². The van der Waals surface area contributed by atoms with Gasteiger partial charge in [0.2, 0.25) is 0 Å². The number of rotatable bonds is 5. The molecule has 0 spiro atoms. The number of carbonyl (C=O) groups is 1. The van der Waals surface area contributed by atoms with Gasteiger partial charge in [-0.15, -0.1) is 5.92 Å². The molecule has 0 aliphatic rings. The normalized spacial score (nSPS) is 11.0. The summed E-state index contributed by atoms with van der Waals surface area (Å²) in [6.45, 7) is 2.18. The molecule has 0 bridgehead atoms. The van der Waals surface area contributed by atoms with Crippen molar-refractivity contribution in [2.45, 2.75) is 19.2 Å². The van der Waals surface area contributed by atoms with Gasteiger partial charge in [-0.25, -0.2) is 0 Å². The van der Waals surface area contributed by atoms with Crippen LogP contribution in [0.2, 0.25) is 5.82 Å². The van der Waals surface area contributed by atoms with Crippen LogP contribution in [0.5, 0.6) is 5.75 Å². The third-order valence-corrected chi connectivity index (χ3v) is 2.56. The van der Waals surface area contributed by atoms with Crippen molar-refractivity contribution in [2.75, 3.05) is 13.7 Å². The van der Waals surface area contributed by atoms with Gasteiger partial charge in [-0.3, -0.25) is 4.79 Å². The molecule has 0 aliphatic heterocycles. The smallest absolute Gasteiger partial charge is 0.300 e. The lowest BCUT2D eigenvalue weighted by atomic mass is 9.82. The Kier molecular flexibility index (Phi) is 5.86. The summed E-state index contributed by atoms with van der Waals surface area (Å²) in [6, 6.07) is 7.68. The fourth-order valence-corrected chi connectivity index (χ4v) is 1.55. The van der Waals surface area contributed by atoms with Crippen molar-refractivity contribution in [3.05, 3.63) is 29.8 Å². The van der Waals surface area contributed by atoms with Crippen LogP contribution in [0.25, 0.3) is 0 Å². The van der Waals surface area contributed by atoms with Crippen LogP contribution in [0.4, 0.5) is 0 Å². The first-order valence-electron chi connectivity index (χ1n) is 5.86. The summed E-state index contributed by atoms with van der Waals surface area (Å²) in [5.41, 5.74) is 1.09. The monoisotopic (exact) mass is 244 g/mol. The van der Waals surface area contributed by atoms with Gasteiger partial charge in [-0.05, 0) is 31.0 Å². The van der Waals surface area contributed by atoms with E-state index in [9.17, 15) is 4.79 Å². The second-order valence-electron chi connectivity index (χ2n) is 3.99.